The van der Waals surface area contributed by atoms with Crippen molar-refractivity contribution in [2.75, 3.05) is 4.90 Å². The van der Waals surface area contributed by atoms with E-state index in [1.54, 1.807) is 0 Å². The zero-order valence-corrected chi connectivity index (χ0v) is 18.2. The van der Waals surface area contributed by atoms with E-state index in [9.17, 15) is 0 Å². The molecular formula is C24H28N4S. The Balaban J connectivity index is 1.78. The first-order chi connectivity index (χ1) is 14.0. The van der Waals surface area contributed by atoms with Gasteiger partial charge in [0.25, 0.3) is 0 Å². The third-order valence-corrected chi connectivity index (χ3v) is 5.93. The first-order valence-electron chi connectivity index (χ1n) is 10.2. The minimum absolute atomic E-state index is 0.00325. The van der Waals surface area contributed by atoms with Gasteiger partial charge in [-0.15, -0.1) is 0 Å². The molecule has 0 radical (unpaired) electrons. The lowest BCUT2D eigenvalue weighted by molar-refractivity contribution is 0.560. The fourth-order valence-electron chi connectivity index (χ4n) is 3.92. The van der Waals surface area contributed by atoms with E-state index in [4.69, 9.17) is 12.2 Å². The number of aromatic nitrogens is 2. The number of nitrogens with one attached hydrogen (secondary N) is 1. The van der Waals surface area contributed by atoms with E-state index < -0.39 is 0 Å². The molecule has 3 aromatic rings. The molecule has 0 unspecified atom stereocenters. The van der Waals surface area contributed by atoms with Gasteiger partial charge in [0.15, 0.2) is 5.11 Å². The third kappa shape index (κ3) is 3.79. The normalized spacial score (nSPS) is 19.2. The van der Waals surface area contributed by atoms with Gasteiger partial charge in [0.2, 0.25) is 0 Å². The number of anilines is 1. The second kappa shape index (κ2) is 7.99. The minimum Gasteiger partial charge on any atom is -0.351 e. The first-order valence-corrected chi connectivity index (χ1v) is 10.6. The van der Waals surface area contributed by atoms with Gasteiger partial charge >= 0.3 is 0 Å². The molecular weight excluding hydrogens is 376 g/mol. The summed E-state index contributed by atoms with van der Waals surface area (Å²) in [5, 5.41) is 4.27. The Hall–Kier alpha value is -2.66. The van der Waals surface area contributed by atoms with Gasteiger partial charge in [-0.25, -0.2) is 0 Å². The van der Waals surface area contributed by atoms with Crippen LogP contribution >= 0.6 is 12.2 Å². The fourth-order valence-corrected chi connectivity index (χ4v) is 4.26. The Labute approximate surface area is 178 Å². The Morgan fingerprint density at radius 3 is 2.34 bits per heavy atom. The van der Waals surface area contributed by atoms with Crippen molar-refractivity contribution in [3.8, 4) is 0 Å². The maximum absolute atomic E-state index is 5.80. The highest BCUT2D eigenvalue weighted by Crippen LogP contribution is 2.41. The van der Waals surface area contributed by atoms with E-state index in [1.165, 1.54) is 11.1 Å². The molecule has 1 aliphatic heterocycles. The van der Waals surface area contributed by atoms with E-state index in [2.05, 4.69) is 96.3 Å². The average molecular weight is 405 g/mol. The summed E-state index contributed by atoms with van der Waals surface area (Å²) in [6, 6.07) is 17.5. The number of thiocarbonyl (C=S) groups is 1. The topological polar surface area (TPSA) is 33.1 Å². The molecule has 0 bridgehead atoms. The molecule has 0 amide bonds. The van der Waals surface area contributed by atoms with Gasteiger partial charge < -0.3 is 14.8 Å². The van der Waals surface area contributed by atoms with Crippen LogP contribution in [0.15, 0.2) is 67.1 Å². The second-order valence-corrected chi connectivity index (χ2v) is 8.62. The SMILES string of the molecule is CC(C)c1ccc(N2C(=S)N[C@H](c3ccccn3)[C@@H]2c2ccn(C(C)C)c2)cc1. The van der Waals surface area contributed by atoms with Crippen LogP contribution in [0.5, 0.6) is 0 Å². The number of hydrogen-bond donors (Lipinski definition) is 1. The van der Waals surface area contributed by atoms with Crippen LogP contribution in [0.4, 0.5) is 5.69 Å². The predicted octanol–water partition coefficient (Wildman–Crippen LogP) is 5.76. The molecule has 5 heteroatoms. The third-order valence-electron chi connectivity index (χ3n) is 5.61. The highest BCUT2D eigenvalue weighted by Gasteiger charge is 2.41. The summed E-state index contributed by atoms with van der Waals surface area (Å²) in [4.78, 5) is 6.86. The van der Waals surface area contributed by atoms with Crippen LogP contribution in [-0.2, 0) is 0 Å². The zero-order chi connectivity index (χ0) is 20.5. The van der Waals surface area contributed by atoms with Crippen LogP contribution in [-0.4, -0.2) is 14.7 Å². The van der Waals surface area contributed by atoms with Crippen LogP contribution in [0.3, 0.4) is 0 Å². The number of nitrogens with zero attached hydrogens (tertiary/aromatic N) is 3. The van der Waals surface area contributed by atoms with Gasteiger partial charge in [-0.1, -0.05) is 32.0 Å². The molecule has 4 nitrogen and oxygen atoms in total. The summed E-state index contributed by atoms with van der Waals surface area (Å²) in [7, 11) is 0. The molecule has 1 saturated heterocycles. The second-order valence-electron chi connectivity index (χ2n) is 8.23. The predicted molar refractivity (Wildman–Crippen MR) is 123 cm³/mol. The highest BCUT2D eigenvalue weighted by atomic mass is 32.1. The van der Waals surface area contributed by atoms with Gasteiger partial charge in [-0.3, -0.25) is 4.98 Å². The number of rotatable bonds is 5. The molecule has 1 fully saturated rings. The minimum atomic E-state index is -0.00325. The van der Waals surface area contributed by atoms with Crippen molar-refractivity contribution in [3.05, 3.63) is 83.9 Å². The summed E-state index contributed by atoms with van der Waals surface area (Å²) in [5.74, 6) is 0.504. The molecule has 2 aromatic heterocycles. The number of pyridine rings is 1. The smallest absolute Gasteiger partial charge is 0.174 e. The molecule has 0 saturated carbocycles. The van der Waals surface area contributed by atoms with Gasteiger partial charge in [0.05, 0.1) is 17.8 Å². The van der Waals surface area contributed by atoms with Crippen LogP contribution in [0.2, 0.25) is 0 Å². The van der Waals surface area contributed by atoms with Crippen molar-refractivity contribution < 1.29 is 0 Å². The Bertz CT molecular complexity index is 976. The number of benzene rings is 1. The molecule has 0 spiro atoms. The molecule has 150 valence electrons. The van der Waals surface area contributed by atoms with Crippen molar-refractivity contribution in [3.63, 3.8) is 0 Å². The lowest BCUT2D eigenvalue weighted by atomic mass is 9.98. The van der Waals surface area contributed by atoms with E-state index in [-0.39, 0.29) is 12.1 Å². The lowest BCUT2D eigenvalue weighted by Gasteiger charge is -2.27. The zero-order valence-electron chi connectivity index (χ0n) is 17.4. The van der Waals surface area contributed by atoms with E-state index in [0.29, 0.717) is 12.0 Å². The van der Waals surface area contributed by atoms with Crippen molar-refractivity contribution in [1.82, 2.24) is 14.9 Å². The van der Waals surface area contributed by atoms with Gasteiger partial charge in [-0.05, 0) is 73.4 Å². The summed E-state index contributed by atoms with van der Waals surface area (Å²) in [5.41, 5.74) is 4.66. The Morgan fingerprint density at radius 1 is 1.00 bits per heavy atom. The van der Waals surface area contributed by atoms with Crippen LogP contribution < -0.4 is 10.2 Å². The van der Waals surface area contributed by atoms with Crippen LogP contribution in [0.1, 0.15) is 68.6 Å². The largest absolute Gasteiger partial charge is 0.351 e. The van der Waals surface area contributed by atoms with E-state index >= 15 is 0 Å². The quantitative estimate of drug-likeness (QED) is 0.548. The highest BCUT2D eigenvalue weighted by molar-refractivity contribution is 7.80. The maximum Gasteiger partial charge on any atom is 0.174 e. The van der Waals surface area contributed by atoms with Gasteiger partial charge in [0.1, 0.15) is 0 Å². The van der Waals surface area contributed by atoms with Gasteiger partial charge in [0, 0.05) is 30.3 Å². The van der Waals surface area contributed by atoms with Crippen LogP contribution in [0.25, 0.3) is 0 Å². The molecule has 3 heterocycles. The Morgan fingerprint density at radius 2 is 1.76 bits per heavy atom. The average Bonchev–Trinajstić information content (AvgIpc) is 3.33. The monoisotopic (exact) mass is 404 g/mol. The van der Waals surface area contributed by atoms with Crippen molar-refractivity contribution >= 4 is 23.0 Å². The summed E-state index contributed by atoms with van der Waals surface area (Å²) < 4.78 is 2.24. The van der Waals surface area contributed by atoms with Crippen molar-refractivity contribution in [2.24, 2.45) is 0 Å². The molecule has 2 atom stereocenters. The maximum atomic E-state index is 5.80. The molecule has 29 heavy (non-hydrogen) atoms. The van der Waals surface area contributed by atoms with Crippen LogP contribution in [0, 0.1) is 0 Å². The number of hydrogen-bond acceptors (Lipinski definition) is 2. The lowest BCUT2D eigenvalue weighted by Crippen LogP contribution is -2.29. The van der Waals surface area contributed by atoms with E-state index in [1.807, 2.05) is 18.3 Å². The van der Waals surface area contributed by atoms with Crippen molar-refractivity contribution in [1.29, 1.82) is 0 Å². The first kappa shape index (κ1) is 19.6. The summed E-state index contributed by atoms with van der Waals surface area (Å²) in [6.07, 6.45) is 6.23. The van der Waals surface area contributed by atoms with E-state index in [0.717, 1.165) is 16.5 Å². The Kier molecular flexibility index (Phi) is 5.41. The molecule has 4 rings (SSSR count). The van der Waals surface area contributed by atoms with Crippen molar-refractivity contribution in [2.45, 2.75) is 51.7 Å². The summed E-state index contributed by atoms with van der Waals surface area (Å²) in [6.45, 7) is 8.82. The standard InChI is InChI=1S/C24H28N4S/c1-16(2)18-8-10-20(11-9-18)28-23(19-12-14-27(15-19)17(3)4)22(26-24(28)29)21-7-5-6-13-25-21/h5-17,22-23H,1-4H3,(H,26,29)/t22-,23+/m1/s1. The molecule has 1 aliphatic rings. The molecule has 1 aromatic carbocycles. The summed E-state index contributed by atoms with van der Waals surface area (Å²) >= 11 is 5.80. The van der Waals surface area contributed by atoms with Gasteiger partial charge in [-0.2, -0.15) is 0 Å². The molecule has 0 aliphatic carbocycles. The molecule has 1 N–H and O–H groups in total. The fraction of sp³-hybridized carbons (Fsp3) is 0.333.